The van der Waals surface area contributed by atoms with Gasteiger partial charge in [0, 0.05) is 4.88 Å². The Hall–Kier alpha value is -1.76. The van der Waals surface area contributed by atoms with Crippen LogP contribution in [0.3, 0.4) is 0 Å². The number of nitrogens with zero attached hydrogens (tertiary/aromatic N) is 1. The molecule has 0 aliphatic rings. The molecule has 0 bridgehead atoms. The predicted molar refractivity (Wildman–Crippen MR) is 80.3 cm³/mol. The normalized spacial score (nSPS) is 11.7. The maximum absolute atomic E-state index is 9.29. The average molecular weight is 290 g/mol. The zero-order chi connectivity index (χ0) is 13.8. The smallest absolute Gasteiger partial charge is 0.122 e. The molecule has 0 aliphatic heterocycles. The Balaban J connectivity index is 2.54. The summed E-state index contributed by atoms with van der Waals surface area (Å²) < 4.78 is 5.28. The van der Waals surface area contributed by atoms with Crippen LogP contribution in [-0.4, -0.2) is 7.11 Å². The van der Waals surface area contributed by atoms with Crippen LogP contribution in [0, 0.1) is 18.3 Å². The molecule has 0 aliphatic carbocycles. The number of allylic oxidation sites excluding steroid dienone is 1. The van der Waals surface area contributed by atoms with Gasteiger partial charge in [0.15, 0.2) is 0 Å². The Morgan fingerprint density at radius 1 is 1.37 bits per heavy atom. The molecular weight excluding hydrogens is 278 g/mol. The SMILES string of the molecule is COc1cc(C(Cl)=C(C#N)c2cccs2)ccc1C. The molecule has 0 atom stereocenters. The van der Waals surface area contributed by atoms with Gasteiger partial charge in [-0.2, -0.15) is 5.26 Å². The van der Waals surface area contributed by atoms with Crippen LogP contribution in [0.5, 0.6) is 5.75 Å². The van der Waals surface area contributed by atoms with Crippen molar-refractivity contribution < 1.29 is 4.74 Å². The summed E-state index contributed by atoms with van der Waals surface area (Å²) in [4.78, 5) is 0.868. The van der Waals surface area contributed by atoms with Crippen LogP contribution >= 0.6 is 22.9 Å². The van der Waals surface area contributed by atoms with Gasteiger partial charge in [0.05, 0.1) is 17.7 Å². The van der Waals surface area contributed by atoms with E-state index in [4.69, 9.17) is 16.3 Å². The van der Waals surface area contributed by atoms with E-state index in [0.717, 1.165) is 21.8 Å². The summed E-state index contributed by atoms with van der Waals surface area (Å²) in [6.45, 7) is 1.96. The van der Waals surface area contributed by atoms with E-state index in [1.807, 2.05) is 42.6 Å². The molecule has 1 heterocycles. The Bertz CT molecular complexity index is 653. The van der Waals surface area contributed by atoms with Gasteiger partial charge in [0.25, 0.3) is 0 Å². The first kappa shape index (κ1) is 13.7. The second-order valence-electron chi connectivity index (χ2n) is 3.96. The minimum atomic E-state index is 0.447. The Labute approximate surface area is 121 Å². The van der Waals surface area contributed by atoms with E-state index in [1.54, 1.807) is 7.11 Å². The summed E-state index contributed by atoms with van der Waals surface area (Å²) in [6, 6.07) is 11.6. The maximum atomic E-state index is 9.29. The lowest BCUT2D eigenvalue weighted by molar-refractivity contribution is 0.411. The lowest BCUT2D eigenvalue weighted by Crippen LogP contribution is -1.90. The molecule has 2 nitrogen and oxygen atoms in total. The van der Waals surface area contributed by atoms with Crippen molar-refractivity contribution in [3.8, 4) is 11.8 Å². The van der Waals surface area contributed by atoms with Crippen molar-refractivity contribution in [1.82, 2.24) is 0 Å². The van der Waals surface area contributed by atoms with Gasteiger partial charge in [-0.25, -0.2) is 0 Å². The fraction of sp³-hybridized carbons (Fsp3) is 0.133. The summed E-state index contributed by atoms with van der Waals surface area (Å²) in [5, 5.41) is 11.7. The third-order valence-corrected chi connectivity index (χ3v) is 4.05. The van der Waals surface area contributed by atoms with Crippen molar-refractivity contribution in [3.05, 3.63) is 51.7 Å². The van der Waals surface area contributed by atoms with Gasteiger partial charge in [0.1, 0.15) is 11.8 Å². The first-order valence-corrected chi connectivity index (χ1v) is 6.92. The van der Waals surface area contributed by atoms with Crippen molar-refractivity contribution in [2.45, 2.75) is 6.92 Å². The largest absolute Gasteiger partial charge is 0.496 e. The highest BCUT2D eigenvalue weighted by Crippen LogP contribution is 2.33. The molecule has 0 radical (unpaired) electrons. The van der Waals surface area contributed by atoms with Gasteiger partial charge in [-0.1, -0.05) is 29.8 Å². The molecule has 0 spiro atoms. The van der Waals surface area contributed by atoms with Gasteiger partial charge in [-0.3, -0.25) is 0 Å². The maximum Gasteiger partial charge on any atom is 0.122 e. The van der Waals surface area contributed by atoms with Crippen molar-refractivity contribution in [3.63, 3.8) is 0 Å². The average Bonchev–Trinajstić information content (AvgIpc) is 2.94. The minimum Gasteiger partial charge on any atom is -0.496 e. The fourth-order valence-corrected chi connectivity index (χ4v) is 2.78. The first-order valence-electron chi connectivity index (χ1n) is 5.66. The number of thiophene rings is 1. The molecule has 0 N–H and O–H groups in total. The highest BCUT2D eigenvalue weighted by atomic mass is 35.5. The monoisotopic (exact) mass is 289 g/mol. The topological polar surface area (TPSA) is 33.0 Å². The molecule has 0 amide bonds. The van der Waals surface area contributed by atoms with Crippen molar-refractivity contribution in [2.24, 2.45) is 0 Å². The van der Waals surface area contributed by atoms with Gasteiger partial charge < -0.3 is 4.74 Å². The third-order valence-electron chi connectivity index (χ3n) is 2.76. The van der Waals surface area contributed by atoms with E-state index in [9.17, 15) is 5.26 Å². The predicted octanol–water partition coefficient (Wildman–Crippen LogP) is 4.70. The molecular formula is C15H12ClNOS. The number of hydrogen-bond donors (Lipinski definition) is 0. The van der Waals surface area contributed by atoms with Crippen LogP contribution in [0.15, 0.2) is 35.7 Å². The van der Waals surface area contributed by atoms with E-state index >= 15 is 0 Å². The molecule has 2 aromatic rings. The first-order chi connectivity index (χ1) is 9.17. The lowest BCUT2D eigenvalue weighted by atomic mass is 10.1. The van der Waals surface area contributed by atoms with Crippen LogP contribution in [0.2, 0.25) is 0 Å². The molecule has 2 rings (SSSR count). The standard InChI is InChI=1S/C15H12ClNOS/c1-10-5-6-11(8-13(10)18-2)15(16)12(9-17)14-4-3-7-19-14/h3-8H,1-2H3. The van der Waals surface area contributed by atoms with Crippen LogP contribution < -0.4 is 4.74 Å². The lowest BCUT2D eigenvalue weighted by Gasteiger charge is -2.08. The summed E-state index contributed by atoms with van der Waals surface area (Å²) >= 11 is 7.85. The number of benzene rings is 1. The number of hydrogen-bond acceptors (Lipinski definition) is 3. The minimum absolute atomic E-state index is 0.447. The van der Waals surface area contributed by atoms with Crippen molar-refractivity contribution in [2.75, 3.05) is 7.11 Å². The van der Waals surface area contributed by atoms with Gasteiger partial charge in [-0.05, 0) is 35.6 Å². The second kappa shape index (κ2) is 5.92. The molecule has 0 unspecified atom stereocenters. The van der Waals surface area contributed by atoms with E-state index in [0.29, 0.717) is 10.6 Å². The number of halogens is 1. The number of rotatable bonds is 3. The summed E-state index contributed by atoms with van der Waals surface area (Å²) in [5.74, 6) is 0.763. The molecule has 1 aromatic carbocycles. The molecule has 0 fully saturated rings. The number of nitriles is 1. The Morgan fingerprint density at radius 2 is 2.16 bits per heavy atom. The Morgan fingerprint density at radius 3 is 2.74 bits per heavy atom. The van der Waals surface area contributed by atoms with E-state index in [2.05, 4.69) is 6.07 Å². The van der Waals surface area contributed by atoms with Crippen LogP contribution in [0.1, 0.15) is 16.0 Å². The van der Waals surface area contributed by atoms with E-state index in [-0.39, 0.29) is 0 Å². The fourth-order valence-electron chi connectivity index (χ4n) is 1.73. The summed E-state index contributed by atoms with van der Waals surface area (Å²) in [5.41, 5.74) is 2.31. The molecule has 4 heteroatoms. The van der Waals surface area contributed by atoms with Crippen molar-refractivity contribution >= 4 is 33.5 Å². The molecule has 19 heavy (non-hydrogen) atoms. The second-order valence-corrected chi connectivity index (χ2v) is 5.29. The summed E-state index contributed by atoms with van der Waals surface area (Å²) in [7, 11) is 1.62. The van der Waals surface area contributed by atoms with Gasteiger partial charge >= 0.3 is 0 Å². The van der Waals surface area contributed by atoms with Crippen LogP contribution in [0.4, 0.5) is 0 Å². The molecule has 1 aromatic heterocycles. The van der Waals surface area contributed by atoms with E-state index < -0.39 is 0 Å². The van der Waals surface area contributed by atoms with E-state index in [1.165, 1.54) is 11.3 Å². The summed E-state index contributed by atoms with van der Waals surface area (Å²) in [6.07, 6.45) is 0. The third kappa shape index (κ3) is 2.81. The molecule has 0 saturated carbocycles. The van der Waals surface area contributed by atoms with Crippen LogP contribution in [-0.2, 0) is 0 Å². The molecule has 96 valence electrons. The quantitative estimate of drug-likeness (QED) is 0.768. The highest BCUT2D eigenvalue weighted by Gasteiger charge is 2.11. The Kier molecular flexibility index (Phi) is 4.26. The number of methoxy groups -OCH3 is 1. The molecule has 0 saturated heterocycles. The number of ether oxygens (including phenoxy) is 1. The van der Waals surface area contributed by atoms with Gasteiger partial charge in [0.2, 0.25) is 0 Å². The van der Waals surface area contributed by atoms with Crippen LogP contribution in [0.25, 0.3) is 10.6 Å². The highest BCUT2D eigenvalue weighted by molar-refractivity contribution is 7.11. The van der Waals surface area contributed by atoms with Gasteiger partial charge in [-0.15, -0.1) is 11.3 Å². The number of aryl methyl sites for hydroxylation is 1. The zero-order valence-electron chi connectivity index (χ0n) is 10.6. The van der Waals surface area contributed by atoms with Crippen molar-refractivity contribution in [1.29, 1.82) is 5.26 Å². The zero-order valence-corrected chi connectivity index (χ0v) is 12.2.